The molecule has 0 aliphatic rings. The number of nitrogens with one attached hydrogen (secondary N) is 1. The van der Waals surface area contributed by atoms with Crippen molar-refractivity contribution in [2.75, 3.05) is 6.54 Å². The van der Waals surface area contributed by atoms with Gasteiger partial charge in [-0.1, -0.05) is 18.2 Å². The minimum atomic E-state index is -2.84. The average molecular weight is 241 g/mol. The third-order valence-electron chi connectivity index (χ3n) is 1.96. The summed E-state index contributed by atoms with van der Waals surface area (Å²) < 4.78 is 27.9. The highest BCUT2D eigenvalue weighted by molar-refractivity contribution is 5.78. The van der Waals surface area contributed by atoms with E-state index in [1.54, 1.807) is 18.2 Å². The molecule has 0 heterocycles. The van der Waals surface area contributed by atoms with Crippen LogP contribution in [0.1, 0.15) is 5.56 Å². The zero-order valence-electron chi connectivity index (χ0n) is 9.16. The zero-order valence-corrected chi connectivity index (χ0v) is 9.16. The number of rotatable bonds is 6. The number of hydrogen-bond donors (Lipinski definition) is 1. The number of benzene rings is 1. The first-order valence-electron chi connectivity index (χ1n) is 5.03. The smallest absolute Gasteiger partial charge is 0.387 e. The summed E-state index contributed by atoms with van der Waals surface area (Å²) >= 11 is 0. The first-order valence-corrected chi connectivity index (χ1v) is 5.03. The third kappa shape index (κ3) is 5.10. The molecule has 0 atom stereocenters. The quantitative estimate of drug-likeness (QED) is 0.775. The highest BCUT2D eigenvalue weighted by Crippen LogP contribution is 2.15. The van der Waals surface area contributed by atoms with E-state index in [0.29, 0.717) is 6.54 Å². The Morgan fingerprint density at radius 1 is 1.41 bits per heavy atom. The van der Waals surface area contributed by atoms with Crippen molar-refractivity contribution < 1.29 is 18.3 Å². The minimum Gasteiger partial charge on any atom is -0.435 e. The second-order valence-corrected chi connectivity index (χ2v) is 3.29. The first-order chi connectivity index (χ1) is 8.11. The highest BCUT2D eigenvalue weighted by atomic mass is 19.3. The van der Waals surface area contributed by atoms with Gasteiger partial charge in [-0.05, 0) is 17.7 Å². The lowest BCUT2D eigenvalue weighted by atomic mass is 10.1. The number of hydrogen-bond acceptors (Lipinski definition) is 2. The molecule has 0 fully saturated rings. The molecule has 1 amide bonds. The monoisotopic (exact) mass is 241 g/mol. The van der Waals surface area contributed by atoms with Crippen molar-refractivity contribution in [2.24, 2.45) is 0 Å². The van der Waals surface area contributed by atoms with E-state index in [4.69, 9.17) is 0 Å². The second-order valence-electron chi connectivity index (χ2n) is 3.29. The van der Waals surface area contributed by atoms with E-state index in [1.165, 1.54) is 12.1 Å². The molecule has 0 saturated carbocycles. The molecule has 92 valence electrons. The Bertz CT molecular complexity index is 377. The van der Waals surface area contributed by atoms with Gasteiger partial charge in [-0.15, -0.1) is 6.58 Å². The van der Waals surface area contributed by atoms with Gasteiger partial charge in [0.2, 0.25) is 5.91 Å². The van der Waals surface area contributed by atoms with Crippen LogP contribution in [0, 0.1) is 0 Å². The summed E-state index contributed by atoms with van der Waals surface area (Å²) in [6, 6.07) is 5.96. The zero-order chi connectivity index (χ0) is 12.7. The number of ether oxygens (including phenoxy) is 1. The van der Waals surface area contributed by atoms with Gasteiger partial charge in [0.15, 0.2) is 0 Å². The molecule has 1 N–H and O–H groups in total. The molecule has 0 bridgehead atoms. The van der Waals surface area contributed by atoms with Crippen molar-refractivity contribution in [2.45, 2.75) is 13.0 Å². The Balaban J connectivity index is 2.50. The van der Waals surface area contributed by atoms with Gasteiger partial charge in [0.05, 0.1) is 6.42 Å². The summed E-state index contributed by atoms with van der Waals surface area (Å²) in [7, 11) is 0. The summed E-state index contributed by atoms with van der Waals surface area (Å²) in [6.07, 6.45) is 1.78. The molecule has 0 aliphatic heterocycles. The van der Waals surface area contributed by atoms with Gasteiger partial charge in [-0.3, -0.25) is 4.79 Å². The Morgan fingerprint density at radius 3 is 2.59 bits per heavy atom. The normalized spacial score (nSPS) is 10.1. The average Bonchev–Trinajstić information content (AvgIpc) is 2.28. The van der Waals surface area contributed by atoms with Crippen LogP contribution in [0.5, 0.6) is 5.75 Å². The molecule has 0 unspecified atom stereocenters. The predicted octanol–water partition coefficient (Wildman–Crippen LogP) is 2.13. The molecule has 17 heavy (non-hydrogen) atoms. The van der Waals surface area contributed by atoms with Crippen molar-refractivity contribution in [3.05, 3.63) is 42.5 Å². The van der Waals surface area contributed by atoms with Gasteiger partial charge in [-0.25, -0.2) is 0 Å². The number of halogens is 2. The predicted molar refractivity (Wildman–Crippen MR) is 60.0 cm³/mol. The van der Waals surface area contributed by atoms with Gasteiger partial charge >= 0.3 is 6.61 Å². The number of alkyl halides is 2. The Kier molecular flexibility index (Phi) is 5.13. The van der Waals surface area contributed by atoms with Crippen LogP contribution in [-0.4, -0.2) is 19.1 Å². The second kappa shape index (κ2) is 6.62. The van der Waals surface area contributed by atoms with Crippen LogP contribution in [0.2, 0.25) is 0 Å². The Morgan fingerprint density at radius 2 is 2.06 bits per heavy atom. The summed E-state index contributed by atoms with van der Waals surface area (Å²) in [5, 5.41) is 2.62. The van der Waals surface area contributed by atoms with E-state index in [0.717, 1.165) is 5.56 Å². The summed E-state index contributed by atoms with van der Waals surface area (Å²) in [5.41, 5.74) is 0.730. The molecule has 1 aromatic carbocycles. The van der Waals surface area contributed by atoms with Crippen LogP contribution in [0.3, 0.4) is 0 Å². The van der Waals surface area contributed by atoms with E-state index < -0.39 is 6.61 Å². The molecule has 0 spiro atoms. The molecule has 0 aliphatic carbocycles. The largest absolute Gasteiger partial charge is 0.435 e. The summed E-state index contributed by atoms with van der Waals surface area (Å²) in [4.78, 5) is 11.3. The molecule has 0 saturated heterocycles. The molecule has 3 nitrogen and oxygen atoms in total. The lowest BCUT2D eigenvalue weighted by Gasteiger charge is -2.06. The Labute approximate surface area is 98.1 Å². The SMILES string of the molecule is C=CCNC(=O)Cc1ccc(OC(F)F)cc1. The highest BCUT2D eigenvalue weighted by Gasteiger charge is 2.05. The van der Waals surface area contributed by atoms with Gasteiger partial charge in [0, 0.05) is 6.54 Å². The molecular weight excluding hydrogens is 228 g/mol. The lowest BCUT2D eigenvalue weighted by Crippen LogP contribution is -2.24. The van der Waals surface area contributed by atoms with Crippen molar-refractivity contribution in [3.63, 3.8) is 0 Å². The third-order valence-corrected chi connectivity index (χ3v) is 1.96. The van der Waals surface area contributed by atoms with Crippen LogP contribution in [0.25, 0.3) is 0 Å². The lowest BCUT2D eigenvalue weighted by molar-refractivity contribution is -0.120. The molecule has 0 radical (unpaired) electrons. The standard InChI is InChI=1S/C12H13F2NO2/c1-2-7-15-11(16)8-9-3-5-10(6-4-9)17-12(13)14/h2-6,12H,1,7-8H2,(H,15,16). The summed E-state index contributed by atoms with van der Waals surface area (Å²) in [6.45, 7) is 1.05. The fraction of sp³-hybridized carbons (Fsp3) is 0.250. The van der Waals surface area contributed by atoms with Gasteiger partial charge in [-0.2, -0.15) is 8.78 Å². The molecule has 1 aromatic rings. The van der Waals surface area contributed by atoms with E-state index in [-0.39, 0.29) is 18.1 Å². The fourth-order valence-corrected chi connectivity index (χ4v) is 1.22. The molecule has 0 aromatic heterocycles. The topological polar surface area (TPSA) is 38.3 Å². The molecular formula is C12H13F2NO2. The van der Waals surface area contributed by atoms with Crippen molar-refractivity contribution >= 4 is 5.91 Å². The van der Waals surface area contributed by atoms with Crippen LogP contribution in [0.15, 0.2) is 36.9 Å². The first kappa shape index (κ1) is 13.2. The Hall–Kier alpha value is -1.91. The van der Waals surface area contributed by atoms with Crippen LogP contribution < -0.4 is 10.1 Å². The van der Waals surface area contributed by atoms with Gasteiger partial charge < -0.3 is 10.1 Å². The van der Waals surface area contributed by atoms with E-state index in [9.17, 15) is 13.6 Å². The molecule has 5 heteroatoms. The summed E-state index contributed by atoms with van der Waals surface area (Å²) in [5.74, 6) is -0.0670. The number of carbonyl (C=O) groups excluding carboxylic acids is 1. The maximum Gasteiger partial charge on any atom is 0.387 e. The minimum absolute atomic E-state index is 0.0789. The van der Waals surface area contributed by atoms with Crippen molar-refractivity contribution in [3.8, 4) is 5.75 Å². The van der Waals surface area contributed by atoms with Crippen LogP contribution in [-0.2, 0) is 11.2 Å². The maximum absolute atomic E-state index is 11.9. The van der Waals surface area contributed by atoms with Gasteiger partial charge in [0.1, 0.15) is 5.75 Å². The fourth-order valence-electron chi connectivity index (χ4n) is 1.22. The van der Waals surface area contributed by atoms with Crippen LogP contribution >= 0.6 is 0 Å². The number of carbonyl (C=O) groups is 1. The van der Waals surface area contributed by atoms with Crippen LogP contribution in [0.4, 0.5) is 8.78 Å². The van der Waals surface area contributed by atoms with E-state index in [2.05, 4.69) is 16.6 Å². The van der Waals surface area contributed by atoms with Crippen molar-refractivity contribution in [1.29, 1.82) is 0 Å². The number of amides is 1. The van der Waals surface area contributed by atoms with E-state index in [1.807, 2.05) is 0 Å². The van der Waals surface area contributed by atoms with Gasteiger partial charge in [0.25, 0.3) is 0 Å². The van der Waals surface area contributed by atoms with Crippen molar-refractivity contribution in [1.82, 2.24) is 5.32 Å². The molecule has 1 rings (SSSR count). The van der Waals surface area contributed by atoms with E-state index >= 15 is 0 Å². The maximum atomic E-state index is 11.9.